The molecular weight excluding hydrogens is 448 g/mol. The zero-order valence-corrected chi connectivity index (χ0v) is 24.8. The summed E-state index contributed by atoms with van der Waals surface area (Å²) in [6.45, 7) is 4.62. The highest BCUT2D eigenvalue weighted by atomic mass is 15.1. The molecule has 0 fully saturated rings. The molecule has 2 nitrogen and oxygen atoms in total. The predicted molar refractivity (Wildman–Crippen MR) is 162 cm³/mol. The van der Waals surface area contributed by atoms with Crippen molar-refractivity contribution in [2.75, 3.05) is 0 Å². The van der Waals surface area contributed by atoms with Crippen LogP contribution in [-0.4, -0.2) is 4.98 Å². The molecule has 1 aromatic heterocycles. The second-order valence-corrected chi connectivity index (χ2v) is 11.7. The number of hydrogen-bond donors (Lipinski definition) is 1. The molecule has 37 heavy (non-hydrogen) atoms. The highest BCUT2D eigenvalue weighted by Crippen LogP contribution is 2.28. The summed E-state index contributed by atoms with van der Waals surface area (Å²) in [5.74, 6) is 0.714. The molecule has 0 saturated heterocycles. The van der Waals surface area contributed by atoms with E-state index in [1.807, 2.05) is 0 Å². The first kappa shape index (κ1) is 31.6. The van der Waals surface area contributed by atoms with Gasteiger partial charge in [0.15, 0.2) is 0 Å². The first-order valence-corrected chi connectivity index (χ1v) is 16.4. The monoisotopic (exact) mass is 509 g/mol. The van der Waals surface area contributed by atoms with Crippen molar-refractivity contribution in [1.82, 2.24) is 4.98 Å². The van der Waals surface area contributed by atoms with E-state index in [-0.39, 0.29) is 0 Å². The maximum absolute atomic E-state index is 3.29. The lowest BCUT2D eigenvalue weighted by Gasteiger charge is -2.25. The van der Waals surface area contributed by atoms with Gasteiger partial charge in [-0.3, -0.25) is 4.98 Å². The van der Waals surface area contributed by atoms with E-state index >= 15 is 0 Å². The summed E-state index contributed by atoms with van der Waals surface area (Å²) in [5.41, 5.74) is 1.50. The minimum absolute atomic E-state index is 0.604. The largest absolute Gasteiger partial charge is 0.250 e. The molecule has 0 aliphatic rings. The van der Waals surface area contributed by atoms with E-state index < -0.39 is 0 Å². The smallest absolute Gasteiger partial charge is 0.241 e. The molecule has 2 heteroatoms. The van der Waals surface area contributed by atoms with Crippen molar-refractivity contribution in [2.24, 2.45) is 5.92 Å². The number of aromatic nitrogens is 2. The quantitative estimate of drug-likeness (QED) is 0.101. The average molecular weight is 510 g/mol. The highest BCUT2D eigenvalue weighted by Gasteiger charge is 2.26. The lowest BCUT2D eigenvalue weighted by molar-refractivity contribution is -0.730. The van der Waals surface area contributed by atoms with E-state index in [4.69, 9.17) is 0 Å². The summed E-state index contributed by atoms with van der Waals surface area (Å²) < 4.78 is 2.46. The topological polar surface area (TPSA) is 19.7 Å². The van der Waals surface area contributed by atoms with Crippen molar-refractivity contribution in [2.45, 2.75) is 161 Å². The highest BCUT2D eigenvalue weighted by molar-refractivity contribution is 5.15. The number of unbranched alkanes of at least 4 members (excludes halogenated alkanes) is 17. The van der Waals surface area contributed by atoms with Crippen LogP contribution in [0.25, 0.3) is 0 Å². The zero-order chi connectivity index (χ0) is 26.2. The third-order valence-corrected chi connectivity index (χ3v) is 8.37. The Labute approximate surface area is 231 Å². The average Bonchev–Trinajstić information content (AvgIpc) is 3.46. The van der Waals surface area contributed by atoms with Crippen LogP contribution in [0.5, 0.6) is 0 Å². The Balaban J connectivity index is 1.57. The summed E-state index contributed by atoms with van der Waals surface area (Å²) in [6, 6.07) is 11.8. The number of nitrogens with one attached hydrogen (secondary N) is 1. The van der Waals surface area contributed by atoms with Crippen LogP contribution in [0.1, 0.15) is 160 Å². The number of H-pyrrole nitrogens is 1. The van der Waals surface area contributed by atoms with Crippen molar-refractivity contribution in [1.29, 1.82) is 0 Å². The Morgan fingerprint density at radius 3 is 1.59 bits per heavy atom. The normalized spacial score (nSPS) is 13.1. The Morgan fingerprint density at radius 2 is 1.11 bits per heavy atom. The van der Waals surface area contributed by atoms with Gasteiger partial charge >= 0.3 is 0 Å². The second kappa shape index (κ2) is 22.4. The van der Waals surface area contributed by atoms with Gasteiger partial charge in [0.05, 0.1) is 0 Å². The van der Waals surface area contributed by atoms with Gasteiger partial charge in [-0.1, -0.05) is 160 Å². The fourth-order valence-electron chi connectivity index (χ4n) is 6.03. The Kier molecular flexibility index (Phi) is 19.2. The number of hydrogen-bond acceptors (Lipinski definition) is 0. The maximum atomic E-state index is 3.29. The van der Waals surface area contributed by atoms with Gasteiger partial charge in [-0.25, -0.2) is 4.57 Å². The Hall–Kier alpha value is -1.57. The zero-order valence-electron chi connectivity index (χ0n) is 24.8. The lowest BCUT2D eigenvalue weighted by Crippen LogP contribution is -2.42. The van der Waals surface area contributed by atoms with Crippen molar-refractivity contribution >= 4 is 0 Å². The van der Waals surface area contributed by atoms with Crippen LogP contribution in [0.2, 0.25) is 0 Å². The maximum Gasteiger partial charge on any atom is 0.241 e. The standard InChI is InChI=1S/C35H60N2/c1-3-5-7-8-9-10-11-12-13-14-15-16-17-18-19-20-24-27-34(31-33-25-22-21-23-26-33)35(28-6-4-2)37-30-29-36-32-37/h21-23,25-26,29-30,32,34-35H,3-20,24,27-28,31H2,1-2H3/p+1. The predicted octanol–water partition coefficient (Wildman–Crippen LogP) is 10.9. The van der Waals surface area contributed by atoms with Crippen LogP contribution in [0.4, 0.5) is 0 Å². The minimum Gasteiger partial charge on any atom is -0.250 e. The van der Waals surface area contributed by atoms with Crippen LogP contribution in [0.3, 0.4) is 0 Å². The molecule has 2 rings (SSSR count). The molecule has 0 amide bonds. The van der Waals surface area contributed by atoms with Gasteiger partial charge in [-0.2, -0.15) is 0 Å². The third-order valence-electron chi connectivity index (χ3n) is 8.37. The van der Waals surface area contributed by atoms with Gasteiger partial charge in [0.25, 0.3) is 0 Å². The van der Waals surface area contributed by atoms with Crippen LogP contribution in [-0.2, 0) is 6.42 Å². The Morgan fingerprint density at radius 1 is 0.595 bits per heavy atom. The molecule has 0 bridgehead atoms. The summed E-state index contributed by atoms with van der Waals surface area (Å²) >= 11 is 0. The van der Waals surface area contributed by atoms with Crippen LogP contribution in [0, 0.1) is 5.92 Å². The molecule has 0 aliphatic carbocycles. The number of aromatic amines is 1. The molecule has 2 unspecified atom stereocenters. The van der Waals surface area contributed by atoms with E-state index in [2.05, 4.69) is 72.5 Å². The van der Waals surface area contributed by atoms with Crippen molar-refractivity contribution in [3.05, 3.63) is 54.6 Å². The van der Waals surface area contributed by atoms with E-state index in [9.17, 15) is 0 Å². The van der Waals surface area contributed by atoms with Gasteiger partial charge in [0, 0.05) is 5.92 Å². The second-order valence-electron chi connectivity index (χ2n) is 11.7. The molecule has 210 valence electrons. The van der Waals surface area contributed by atoms with E-state index in [1.54, 1.807) is 0 Å². The molecule has 2 atom stereocenters. The minimum atomic E-state index is 0.604. The molecule has 0 spiro atoms. The van der Waals surface area contributed by atoms with Crippen molar-refractivity contribution in [3.8, 4) is 0 Å². The number of imidazole rings is 1. The van der Waals surface area contributed by atoms with E-state index in [1.165, 1.54) is 147 Å². The number of nitrogens with zero attached hydrogens (tertiary/aromatic N) is 1. The van der Waals surface area contributed by atoms with Gasteiger partial charge in [0.1, 0.15) is 18.4 Å². The molecule has 0 aliphatic heterocycles. The van der Waals surface area contributed by atoms with Gasteiger partial charge in [-0.05, 0) is 31.2 Å². The molecule has 0 saturated carbocycles. The van der Waals surface area contributed by atoms with Crippen molar-refractivity contribution < 1.29 is 4.57 Å². The fourth-order valence-corrected chi connectivity index (χ4v) is 6.03. The molecule has 0 radical (unpaired) electrons. The molecule has 1 aromatic carbocycles. The van der Waals surface area contributed by atoms with Crippen LogP contribution >= 0.6 is 0 Å². The molecule has 2 aromatic rings. The molecule has 1 heterocycles. The first-order chi connectivity index (χ1) is 18.3. The summed E-state index contributed by atoms with van der Waals surface area (Å²) in [4.78, 5) is 3.29. The number of benzene rings is 1. The van der Waals surface area contributed by atoms with Gasteiger partial charge < -0.3 is 0 Å². The van der Waals surface area contributed by atoms with Gasteiger partial charge in [0.2, 0.25) is 6.33 Å². The molecule has 1 N–H and O–H groups in total. The number of rotatable bonds is 25. The third kappa shape index (κ3) is 15.4. The van der Waals surface area contributed by atoms with Gasteiger partial charge in [-0.15, -0.1) is 0 Å². The Bertz CT molecular complexity index is 708. The van der Waals surface area contributed by atoms with Crippen molar-refractivity contribution in [3.63, 3.8) is 0 Å². The lowest BCUT2D eigenvalue weighted by atomic mass is 9.84. The van der Waals surface area contributed by atoms with E-state index in [0.29, 0.717) is 12.0 Å². The summed E-state index contributed by atoms with van der Waals surface area (Å²) in [6.07, 6.45) is 37.5. The molecular formula is C35H61N2+. The SMILES string of the molecule is CCCCCCCCCCCCCCCCCCCC(Cc1ccccc1)C(CCCC)[n+]1cc[nH]c1. The van der Waals surface area contributed by atoms with Crippen LogP contribution in [0.15, 0.2) is 49.1 Å². The fraction of sp³-hybridized carbons (Fsp3) is 0.743. The van der Waals surface area contributed by atoms with Crippen LogP contribution < -0.4 is 4.57 Å². The summed E-state index contributed by atoms with van der Waals surface area (Å²) in [5, 5.41) is 0. The summed E-state index contributed by atoms with van der Waals surface area (Å²) in [7, 11) is 0. The first-order valence-electron chi connectivity index (χ1n) is 16.4. The van der Waals surface area contributed by atoms with E-state index in [0.717, 1.165) is 0 Å².